The topological polar surface area (TPSA) is 58.7 Å². The predicted octanol–water partition coefficient (Wildman–Crippen LogP) is 2.46. The summed E-state index contributed by atoms with van der Waals surface area (Å²) in [6.45, 7) is 5.30. The van der Waals surface area contributed by atoms with E-state index in [0.29, 0.717) is 13.1 Å². The molecular formula is C16H23N3O. The summed E-state index contributed by atoms with van der Waals surface area (Å²) in [6.07, 6.45) is 2.51. The average molecular weight is 273 g/mol. The zero-order valence-electron chi connectivity index (χ0n) is 12.3. The predicted molar refractivity (Wildman–Crippen MR) is 81.2 cm³/mol. The van der Waals surface area contributed by atoms with Crippen LogP contribution in [0.4, 0.5) is 0 Å². The highest BCUT2D eigenvalue weighted by molar-refractivity contribution is 6.07. The Morgan fingerprint density at radius 3 is 2.75 bits per heavy atom. The number of aryl methyl sites for hydroxylation is 1. The molecule has 20 heavy (non-hydrogen) atoms. The maximum absolute atomic E-state index is 12.5. The molecule has 0 saturated heterocycles. The smallest absolute Gasteiger partial charge is 0.251 e. The Bertz CT molecular complexity index is 510. The van der Waals surface area contributed by atoms with E-state index in [4.69, 9.17) is 5.73 Å². The Balaban J connectivity index is 2.12. The van der Waals surface area contributed by atoms with Gasteiger partial charge in [0.1, 0.15) is 0 Å². The van der Waals surface area contributed by atoms with Gasteiger partial charge in [0, 0.05) is 0 Å². The summed E-state index contributed by atoms with van der Waals surface area (Å²) in [5.74, 6) is 0.0612. The van der Waals surface area contributed by atoms with Crippen LogP contribution in [0.3, 0.4) is 0 Å². The molecule has 4 nitrogen and oxygen atoms in total. The summed E-state index contributed by atoms with van der Waals surface area (Å²) in [4.78, 5) is 12.5. The molecule has 1 unspecified atom stereocenters. The van der Waals surface area contributed by atoms with Crippen LogP contribution in [0.2, 0.25) is 0 Å². The molecular weight excluding hydrogens is 250 g/mol. The van der Waals surface area contributed by atoms with E-state index >= 15 is 0 Å². The number of hydrogen-bond donors (Lipinski definition) is 1. The SMILES string of the molecule is CCC1=NN(Cc2ccccc2C)C(=O)C1CCCN. The fourth-order valence-electron chi connectivity index (χ4n) is 2.59. The van der Waals surface area contributed by atoms with Crippen molar-refractivity contribution in [1.29, 1.82) is 0 Å². The van der Waals surface area contributed by atoms with Gasteiger partial charge in [-0.15, -0.1) is 0 Å². The van der Waals surface area contributed by atoms with E-state index in [2.05, 4.69) is 31.1 Å². The summed E-state index contributed by atoms with van der Waals surface area (Å²) < 4.78 is 0. The molecule has 0 aromatic heterocycles. The van der Waals surface area contributed by atoms with Crippen molar-refractivity contribution in [3.8, 4) is 0 Å². The van der Waals surface area contributed by atoms with Crippen molar-refractivity contribution in [2.45, 2.75) is 39.7 Å². The maximum Gasteiger partial charge on any atom is 0.251 e. The summed E-state index contributed by atoms with van der Waals surface area (Å²) in [5, 5.41) is 6.15. The van der Waals surface area contributed by atoms with Gasteiger partial charge in [-0.1, -0.05) is 31.2 Å². The van der Waals surface area contributed by atoms with E-state index in [0.717, 1.165) is 30.5 Å². The van der Waals surface area contributed by atoms with Crippen molar-refractivity contribution in [2.75, 3.05) is 6.54 Å². The van der Waals surface area contributed by atoms with E-state index in [-0.39, 0.29) is 11.8 Å². The molecule has 0 fully saturated rings. The molecule has 1 aliphatic rings. The lowest BCUT2D eigenvalue weighted by Crippen LogP contribution is -2.28. The third-order valence-electron chi connectivity index (χ3n) is 3.84. The lowest BCUT2D eigenvalue weighted by Gasteiger charge is -2.15. The van der Waals surface area contributed by atoms with Gasteiger partial charge in [-0.05, 0) is 43.9 Å². The van der Waals surface area contributed by atoms with Gasteiger partial charge in [-0.3, -0.25) is 4.79 Å². The van der Waals surface area contributed by atoms with Gasteiger partial charge in [0.25, 0.3) is 5.91 Å². The number of nitrogens with two attached hydrogens (primary N) is 1. The number of benzene rings is 1. The number of amides is 1. The molecule has 108 valence electrons. The number of nitrogens with zero attached hydrogens (tertiary/aromatic N) is 2. The van der Waals surface area contributed by atoms with E-state index < -0.39 is 0 Å². The first-order chi connectivity index (χ1) is 9.67. The molecule has 1 aromatic rings. The van der Waals surface area contributed by atoms with E-state index in [1.54, 1.807) is 5.01 Å². The zero-order chi connectivity index (χ0) is 14.5. The quantitative estimate of drug-likeness (QED) is 0.865. The van der Waals surface area contributed by atoms with Gasteiger partial charge in [-0.25, -0.2) is 5.01 Å². The Labute approximate surface area is 120 Å². The molecule has 1 aromatic carbocycles. The zero-order valence-corrected chi connectivity index (χ0v) is 12.3. The highest BCUT2D eigenvalue weighted by Gasteiger charge is 2.34. The van der Waals surface area contributed by atoms with Crippen LogP contribution in [0.5, 0.6) is 0 Å². The fourth-order valence-corrected chi connectivity index (χ4v) is 2.59. The maximum atomic E-state index is 12.5. The molecule has 0 radical (unpaired) electrons. The monoisotopic (exact) mass is 273 g/mol. The van der Waals surface area contributed by atoms with Crippen LogP contribution in [0.15, 0.2) is 29.4 Å². The van der Waals surface area contributed by atoms with E-state index in [9.17, 15) is 4.79 Å². The van der Waals surface area contributed by atoms with Crippen LogP contribution in [-0.4, -0.2) is 23.2 Å². The minimum absolute atomic E-state index is 0.0624. The minimum Gasteiger partial charge on any atom is -0.330 e. The summed E-state index contributed by atoms with van der Waals surface area (Å²) in [7, 11) is 0. The van der Waals surface area contributed by atoms with Gasteiger partial charge < -0.3 is 5.73 Å². The molecule has 0 spiro atoms. The van der Waals surface area contributed by atoms with Crippen LogP contribution in [0.25, 0.3) is 0 Å². The molecule has 4 heteroatoms. The normalized spacial score (nSPS) is 18.6. The number of carbonyl (C=O) groups excluding carboxylic acids is 1. The van der Waals surface area contributed by atoms with Crippen LogP contribution >= 0.6 is 0 Å². The highest BCUT2D eigenvalue weighted by Crippen LogP contribution is 2.24. The molecule has 0 saturated carbocycles. The van der Waals surface area contributed by atoms with Gasteiger partial charge in [0.2, 0.25) is 0 Å². The fraction of sp³-hybridized carbons (Fsp3) is 0.500. The number of hydrogen-bond acceptors (Lipinski definition) is 3. The number of hydrazone groups is 1. The van der Waals surface area contributed by atoms with Crippen molar-refractivity contribution < 1.29 is 4.79 Å². The van der Waals surface area contributed by atoms with Crippen molar-refractivity contribution in [1.82, 2.24) is 5.01 Å². The summed E-state index contributed by atoms with van der Waals surface area (Å²) in [5.41, 5.74) is 8.90. The second-order valence-electron chi connectivity index (χ2n) is 5.25. The second kappa shape index (κ2) is 6.66. The van der Waals surface area contributed by atoms with Crippen molar-refractivity contribution >= 4 is 11.6 Å². The van der Waals surface area contributed by atoms with E-state index in [1.807, 2.05) is 12.1 Å². The standard InChI is InChI=1S/C16H23N3O/c1-3-15-14(9-6-10-17)16(20)19(18-15)11-13-8-5-4-7-12(13)2/h4-5,7-8,14H,3,6,9-11,17H2,1-2H3. The molecule has 2 rings (SSSR count). The van der Waals surface area contributed by atoms with Crippen molar-refractivity contribution in [3.63, 3.8) is 0 Å². The summed E-state index contributed by atoms with van der Waals surface area (Å²) in [6, 6.07) is 8.12. The van der Waals surface area contributed by atoms with Crippen molar-refractivity contribution in [2.24, 2.45) is 16.8 Å². The Kier molecular flexibility index (Phi) is 4.90. The van der Waals surface area contributed by atoms with Crippen LogP contribution in [0, 0.1) is 12.8 Å². The van der Waals surface area contributed by atoms with Crippen LogP contribution in [-0.2, 0) is 11.3 Å². The third-order valence-corrected chi connectivity index (χ3v) is 3.84. The lowest BCUT2D eigenvalue weighted by atomic mass is 9.96. The first-order valence-corrected chi connectivity index (χ1v) is 7.30. The average Bonchev–Trinajstić information content (AvgIpc) is 2.75. The van der Waals surface area contributed by atoms with E-state index in [1.165, 1.54) is 5.56 Å². The Hall–Kier alpha value is -1.68. The van der Waals surface area contributed by atoms with Gasteiger partial charge in [0.15, 0.2) is 0 Å². The van der Waals surface area contributed by atoms with Crippen LogP contribution in [0.1, 0.15) is 37.3 Å². The molecule has 0 bridgehead atoms. The third kappa shape index (κ3) is 3.07. The molecule has 2 N–H and O–H groups in total. The second-order valence-corrected chi connectivity index (χ2v) is 5.25. The Morgan fingerprint density at radius 2 is 2.10 bits per heavy atom. The minimum atomic E-state index is -0.0624. The first kappa shape index (κ1) is 14.7. The summed E-state index contributed by atoms with van der Waals surface area (Å²) >= 11 is 0. The van der Waals surface area contributed by atoms with Gasteiger partial charge in [-0.2, -0.15) is 5.10 Å². The largest absolute Gasteiger partial charge is 0.330 e. The van der Waals surface area contributed by atoms with Crippen LogP contribution < -0.4 is 5.73 Å². The number of carbonyl (C=O) groups is 1. The molecule has 1 heterocycles. The first-order valence-electron chi connectivity index (χ1n) is 7.30. The molecule has 0 aliphatic carbocycles. The van der Waals surface area contributed by atoms with Gasteiger partial charge in [0.05, 0.1) is 18.2 Å². The highest BCUT2D eigenvalue weighted by atomic mass is 16.2. The molecule has 1 atom stereocenters. The van der Waals surface area contributed by atoms with Crippen molar-refractivity contribution in [3.05, 3.63) is 35.4 Å². The van der Waals surface area contributed by atoms with Gasteiger partial charge >= 0.3 is 0 Å². The molecule has 1 aliphatic heterocycles. The Morgan fingerprint density at radius 1 is 1.35 bits per heavy atom. The number of rotatable bonds is 6. The lowest BCUT2D eigenvalue weighted by molar-refractivity contribution is -0.132. The molecule has 1 amide bonds.